The molecule has 0 saturated carbocycles. The van der Waals surface area contributed by atoms with Gasteiger partial charge in [-0.05, 0) is 34.9 Å². The molecule has 2 N–H and O–H groups in total. The Balaban J connectivity index is 2.48. The number of carbonyl (C=O) groups is 1. The summed E-state index contributed by atoms with van der Waals surface area (Å²) >= 11 is 0. The van der Waals surface area contributed by atoms with E-state index < -0.39 is 11.9 Å². The monoisotopic (exact) mass is 230 g/mol. The third-order valence-corrected chi connectivity index (χ3v) is 2.98. The minimum Gasteiger partial charge on any atom is -0.481 e. The van der Waals surface area contributed by atoms with Crippen LogP contribution in [0.15, 0.2) is 36.4 Å². The Kier molecular flexibility index (Phi) is 3.11. The summed E-state index contributed by atoms with van der Waals surface area (Å²) in [6.45, 7) is 1.69. The molecule has 1 atom stereocenters. The van der Waals surface area contributed by atoms with Crippen molar-refractivity contribution in [3.63, 3.8) is 0 Å². The zero-order valence-electron chi connectivity index (χ0n) is 9.55. The van der Waals surface area contributed by atoms with E-state index in [-0.39, 0.29) is 6.61 Å². The van der Waals surface area contributed by atoms with Gasteiger partial charge in [0.25, 0.3) is 0 Å². The van der Waals surface area contributed by atoms with Gasteiger partial charge in [0.2, 0.25) is 0 Å². The summed E-state index contributed by atoms with van der Waals surface area (Å²) in [5.74, 6) is -1.33. The Morgan fingerprint density at radius 1 is 1.18 bits per heavy atom. The molecule has 3 nitrogen and oxygen atoms in total. The van der Waals surface area contributed by atoms with Gasteiger partial charge < -0.3 is 10.2 Å². The summed E-state index contributed by atoms with van der Waals surface area (Å²) in [6, 6.07) is 11.3. The van der Waals surface area contributed by atoms with Crippen LogP contribution < -0.4 is 0 Å². The molecule has 0 saturated heterocycles. The standard InChI is InChI=1S/C14H14O3/c1-9(14(16)17)11-4-5-12-6-10(8-15)2-3-13(12)7-11/h2-7,9,15H,8H2,1H3,(H,16,17). The molecule has 0 spiro atoms. The Hall–Kier alpha value is -1.87. The normalized spacial score (nSPS) is 12.6. The predicted molar refractivity (Wildman–Crippen MR) is 65.9 cm³/mol. The molecule has 1 unspecified atom stereocenters. The minimum absolute atomic E-state index is 0.0171. The number of aliphatic carboxylic acids is 1. The fraction of sp³-hybridized carbons (Fsp3) is 0.214. The van der Waals surface area contributed by atoms with Crippen molar-refractivity contribution >= 4 is 16.7 Å². The van der Waals surface area contributed by atoms with Gasteiger partial charge in [-0.15, -0.1) is 0 Å². The van der Waals surface area contributed by atoms with E-state index in [1.165, 1.54) is 0 Å². The lowest BCUT2D eigenvalue weighted by molar-refractivity contribution is -0.138. The molecule has 0 aliphatic rings. The first-order valence-corrected chi connectivity index (χ1v) is 5.48. The quantitative estimate of drug-likeness (QED) is 0.851. The molecule has 0 radical (unpaired) electrons. The minimum atomic E-state index is -0.823. The number of carboxylic acid groups (broad SMARTS) is 1. The first kappa shape index (κ1) is 11.6. The van der Waals surface area contributed by atoms with Crippen LogP contribution in [0.1, 0.15) is 24.0 Å². The van der Waals surface area contributed by atoms with E-state index in [0.717, 1.165) is 21.9 Å². The van der Waals surface area contributed by atoms with Gasteiger partial charge in [-0.2, -0.15) is 0 Å². The van der Waals surface area contributed by atoms with Gasteiger partial charge in [0.1, 0.15) is 0 Å². The van der Waals surface area contributed by atoms with E-state index in [0.29, 0.717) is 0 Å². The van der Waals surface area contributed by atoms with Crippen LogP contribution in [0.25, 0.3) is 10.8 Å². The number of rotatable bonds is 3. The number of carboxylic acids is 1. The van der Waals surface area contributed by atoms with Crippen molar-refractivity contribution in [1.29, 1.82) is 0 Å². The van der Waals surface area contributed by atoms with Crippen molar-refractivity contribution in [2.24, 2.45) is 0 Å². The average Bonchev–Trinajstić information content (AvgIpc) is 2.36. The molecular formula is C14H14O3. The maximum absolute atomic E-state index is 10.9. The highest BCUT2D eigenvalue weighted by atomic mass is 16.4. The lowest BCUT2D eigenvalue weighted by Crippen LogP contribution is -2.07. The van der Waals surface area contributed by atoms with Crippen LogP contribution in [0.3, 0.4) is 0 Å². The van der Waals surface area contributed by atoms with E-state index in [1.54, 1.807) is 6.92 Å². The number of aliphatic hydroxyl groups excluding tert-OH is 1. The number of hydrogen-bond donors (Lipinski definition) is 2. The second kappa shape index (κ2) is 4.55. The van der Waals surface area contributed by atoms with Gasteiger partial charge in [0, 0.05) is 0 Å². The molecule has 88 valence electrons. The van der Waals surface area contributed by atoms with Crippen molar-refractivity contribution in [2.45, 2.75) is 19.4 Å². The topological polar surface area (TPSA) is 57.5 Å². The fourth-order valence-electron chi connectivity index (χ4n) is 1.82. The Labute approximate surface area is 99.3 Å². The molecule has 2 rings (SSSR count). The Morgan fingerprint density at radius 2 is 1.82 bits per heavy atom. The molecule has 0 fully saturated rings. The van der Waals surface area contributed by atoms with E-state index in [4.69, 9.17) is 10.2 Å². The second-order valence-electron chi connectivity index (χ2n) is 4.16. The van der Waals surface area contributed by atoms with Crippen molar-refractivity contribution in [3.05, 3.63) is 47.5 Å². The van der Waals surface area contributed by atoms with Crippen molar-refractivity contribution in [1.82, 2.24) is 0 Å². The second-order valence-corrected chi connectivity index (χ2v) is 4.16. The van der Waals surface area contributed by atoms with Gasteiger partial charge in [-0.3, -0.25) is 4.79 Å². The molecule has 0 aromatic heterocycles. The van der Waals surface area contributed by atoms with E-state index in [9.17, 15) is 4.79 Å². The van der Waals surface area contributed by atoms with Crippen LogP contribution in [-0.4, -0.2) is 16.2 Å². The molecule has 0 aliphatic carbocycles. The molecule has 2 aromatic rings. The molecular weight excluding hydrogens is 216 g/mol. The smallest absolute Gasteiger partial charge is 0.310 e. The summed E-state index contributed by atoms with van der Waals surface area (Å²) in [5.41, 5.74) is 1.65. The van der Waals surface area contributed by atoms with Gasteiger partial charge in [0.05, 0.1) is 12.5 Å². The summed E-state index contributed by atoms with van der Waals surface area (Å²) in [5, 5.41) is 20.0. The molecule has 0 amide bonds. The Bertz CT molecular complexity index is 560. The number of aliphatic hydroxyl groups is 1. The molecule has 3 heteroatoms. The Morgan fingerprint density at radius 3 is 2.47 bits per heavy atom. The van der Waals surface area contributed by atoms with Gasteiger partial charge >= 0.3 is 5.97 Å². The molecule has 0 aliphatic heterocycles. The fourth-order valence-corrected chi connectivity index (χ4v) is 1.82. The first-order chi connectivity index (χ1) is 8.11. The van der Waals surface area contributed by atoms with E-state index in [1.807, 2.05) is 36.4 Å². The average molecular weight is 230 g/mol. The van der Waals surface area contributed by atoms with E-state index in [2.05, 4.69) is 0 Å². The van der Waals surface area contributed by atoms with Crippen molar-refractivity contribution < 1.29 is 15.0 Å². The van der Waals surface area contributed by atoms with Crippen LogP contribution in [0.5, 0.6) is 0 Å². The summed E-state index contributed by atoms with van der Waals surface area (Å²) in [6.07, 6.45) is 0. The van der Waals surface area contributed by atoms with Crippen molar-refractivity contribution in [2.75, 3.05) is 0 Å². The van der Waals surface area contributed by atoms with Crippen LogP contribution >= 0.6 is 0 Å². The third-order valence-electron chi connectivity index (χ3n) is 2.98. The number of benzene rings is 2. The highest BCUT2D eigenvalue weighted by Gasteiger charge is 2.13. The highest BCUT2D eigenvalue weighted by Crippen LogP contribution is 2.22. The molecule has 17 heavy (non-hydrogen) atoms. The molecule has 0 heterocycles. The first-order valence-electron chi connectivity index (χ1n) is 5.48. The number of hydrogen-bond acceptors (Lipinski definition) is 2. The van der Waals surface area contributed by atoms with Crippen molar-refractivity contribution in [3.8, 4) is 0 Å². The van der Waals surface area contributed by atoms with Gasteiger partial charge in [-0.1, -0.05) is 30.3 Å². The summed E-state index contributed by atoms with van der Waals surface area (Å²) in [4.78, 5) is 10.9. The zero-order chi connectivity index (χ0) is 12.4. The van der Waals surface area contributed by atoms with Crippen LogP contribution in [0.2, 0.25) is 0 Å². The van der Waals surface area contributed by atoms with Gasteiger partial charge in [0.15, 0.2) is 0 Å². The number of fused-ring (bicyclic) bond motifs is 1. The molecule has 2 aromatic carbocycles. The molecule has 0 bridgehead atoms. The van der Waals surface area contributed by atoms with Crippen LogP contribution in [0.4, 0.5) is 0 Å². The van der Waals surface area contributed by atoms with Crippen LogP contribution in [0, 0.1) is 0 Å². The van der Waals surface area contributed by atoms with Crippen LogP contribution in [-0.2, 0) is 11.4 Å². The maximum Gasteiger partial charge on any atom is 0.310 e. The third kappa shape index (κ3) is 2.29. The van der Waals surface area contributed by atoms with E-state index >= 15 is 0 Å². The summed E-state index contributed by atoms with van der Waals surface area (Å²) in [7, 11) is 0. The predicted octanol–water partition coefficient (Wildman–Crippen LogP) is 2.52. The largest absolute Gasteiger partial charge is 0.481 e. The summed E-state index contributed by atoms with van der Waals surface area (Å²) < 4.78 is 0. The lowest BCUT2D eigenvalue weighted by atomic mass is 9.97. The lowest BCUT2D eigenvalue weighted by Gasteiger charge is -2.08. The highest BCUT2D eigenvalue weighted by molar-refractivity contribution is 5.85. The maximum atomic E-state index is 10.9. The van der Waals surface area contributed by atoms with Gasteiger partial charge in [-0.25, -0.2) is 0 Å². The zero-order valence-corrected chi connectivity index (χ0v) is 9.55. The SMILES string of the molecule is CC(C(=O)O)c1ccc2cc(CO)ccc2c1.